The lowest BCUT2D eigenvalue weighted by atomic mass is 9.95. The molecule has 2 aliphatic rings. The van der Waals surface area contributed by atoms with Crippen molar-refractivity contribution in [1.82, 2.24) is 10.2 Å². The maximum absolute atomic E-state index is 12.8. The Hall–Kier alpha value is -1.51. The van der Waals surface area contributed by atoms with Crippen LogP contribution in [0.2, 0.25) is 0 Å². The molecule has 1 N–H and O–H groups in total. The van der Waals surface area contributed by atoms with Gasteiger partial charge in [-0.2, -0.15) is 5.26 Å². The van der Waals surface area contributed by atoms with Crippen molar-refractivity contribution in [3.8, 4) is 11.2 Å². The number of thioether (sulfide) groups is 2. The van der Waals surface area contributed by atoms with Gasteiger partial charge in [0.05, 0.1) is 4.75 Å². The molecule has 0 aliphatic carbocycles. The number of thiocyanates is 1. The summed E-state index contributed by atoms with van der Waals surface area (Å²) in [6.07, 6.45) is 0. The van der Waals surface area contributed by atoms with Gasteiger partial charge in [0.2, 0.25) is 9.70 Å². The average Bonchev–Trinajstić information content (AvgIpc) is 3.03. The van der Waals surface area contributed by atoms with Crippen LogP contribution < -0.4 is 10.1 Å². The molecule has 3 rings (SSSR count). The van der Waals surface area contributed by atoms with Crippen LogP contribution in [0.1, 0.15) is 6.92 Å². The molecule has 32 heavy (non-hydrogen) atoms. The minimum atomic E-state index is -1.80. The van der Waals surface area contributed by atoms with Gasteiger partial charge in [0, 0.05) is 5.75 Å². The SMILES string of the molecule is CC1(CSC#N)S[C@@H]2C(NC(=O)COc3ccccc3)C(=O)N2C1C(=O)OCC(Cl)(Cl)Cl. The van der Waals surface area contributed by atoms with E-state index in [1.54, 1.807) is 31.2 Å². The molecule has 0 bridgehead atoms. The molecule has 2 heterocycles. The number of carbonyl (C=O) groups is 3. The summed E-state index contributed by atoms with van der Waals surface area (Å²) in [6, 6.07) is 6.97. The zero-order valence-corrected chi connectivity index (χ0v) is 20.5. The summed E-state index contributed by atoms with van der Waals surface area (Å²) in [5, 5.41) is 13.1. The summed E-state index contributed by atoms with van der Waals surface area (Å²) in [6.45, 7) is 1.01. The van der Waals surface area contributed by atoms with E-state index < -0.39 is 50.4 Å². The van der Waals surface area contributed by atoms with Crippen molar-refractivity contribution in [2.45, 2.75) is 32.9 Å². The number of β-lactam (4-membered cyclic amide) rings is 1. The first-order chi connectivity index (χ1) is 15.1. The van der Waals surface area contributed by atoms with Gasteiger partial charge in [-0.15, -0.1) is 11.8 Å². The molecule has 1 aromatic rings. The number of esters is 1. The third-order valence-electron chi connectivity index (χ3n) is 4.78. The Morgan fingerprint density at radius 2 is 2.03 bits per heavy atom. The van der Waals surface area contributed by atoms with Gasteiger partial charge in [0.1, 0.15) is 35.2 Å². The molecule has 2 saturated heterocycles. The van der Waals surface area contributed by atoms with Gasteiger partial charge in [-0.05, 0) is 30.8 Å². The number of hydrogen-bond acceptors (Lipinski definition) is 8. The Morgan fingerprint density at radius 1 is 1.34 bits per heavy atom. The first kappa shape index (κ1) is 25.1. The van der Waals surface area contributed by atoms with Crippen molar-refractivity contribution in [3.63, 3.8) is 0 Å². The fourth-order valence-corrected chi connectivity index (χ4v) is 6.09. The number of para-hydroxylation sites is 1. The lowest BCUT2D eigenvalue weighted by molar-refractivity contribution is -0.164. The fraction of sp³-hybridized carbons (Fsp3) is 0.474. The largest absolute Gasteiger partial charge is 0.484 e. The topological polar surface area (TPSA) is 109 Å². The summed E-state index contributed by atoms with van der Waals surface area (Å²) in [5.74, 6) is -0.866. The van der Waals surface area contributed by atoms with E-state index in [0.29, 0.717) is 5.75 Å². The Balaban J connectivity index is 1.67. The van der Waals surface area contributed by atoms with Crippen molar-refractivity contribution in [2.75, 3.05) is 19.0 Å². The number of alkyl halides is 3. The number of nitrogens with one attached hydrogen (secondary N) is 1. The second kappa shape index (κ2) is 10.2. The number of hydrogen-bond donors (Lipinski definition) is 1. The molecule has 1 aromatic carbocycles. The molecule has 2 fully saturated rings. The molecule has 13 heteroatoms. The monoisotopic (exact) mass is 537 g/mol. The second-order valence-corrected chi connectivity index (χ2v) is 12.1. The molecule has 0 spiro atoms. The van der Waals surface area contributed by atoms with Crippen LogP contribution in [0, 0.1) is 10.7 Å². The van der Waals surface area contributed by atoms with Crippen molar-refractivity contribution < 1.29 is 23.9 Å². The zero-order valence-electron chi connectivity index (χ0n) is 16.6. The highest BCUT2D eigenvalue weighted by Crippen LogP contribution is 2.52. The Kier molecular flexibility index (Phi) is 7.99. The van der Waals surface area contributed by atoms with Crippen LogP contribution in [0.5, 0.6) is 5.75 Å². The first-order valence-corrected chi connectivity index (χ1v) is 12.3. The number of ether oxygens (including phenoxy) is 2. The van der Waals surface area contributed by atoms with Gasteiger partial charge >= 0.3 is 5.97 Å². The highest BCUT2D eigenvalue weighted by molar-refractivity contribution is 8.06. The maximum atomic E-state index is 12.8. The smallest absolute Gasteiger partial charge is 0.330 e. The molecular formula is C19H18Cl3N3O5S2. The van der Waals surface area contributed by atoms with Crippen molar-refractivity contribution in [1.29, 1.82) is 5.26 Å². The van der Waals surface area contributed by atoms with Crippen molar-refractivity contribution >= 4 is 76.1 Å². The first-order valence-electron chi connectivity index (χ1n) is 9.27. The molecule has 2 aliphatic heterocycles. The Labute approximate surface area is 208 Å². The highest BCUT2D eigenvalue weighted by Gasteiger charge is 2.66. The second-order valence-electron chi connectivity index (χ2n) is 7.22. The van der Waals surface area contributed by atoms with E-state index in [-0.39, 0.29) is 12.4 Å². The van der Waals surface area contributed by atoms with Gasteiger partial charge in [0.15, 0.2) is 6.61 Å². The molecule has 2 amide bonds. The molecule has 0 saturated carbocycles. The van der Waals surface area contributed by atoms with E-state index in [4.69, 9.17) is 49.5 Å². The van der Waals surface area contributed by atoms with E-state index in [9.17, 15) is 14.4 Å². The normalized spacial score (nSPS) is 26.5. The minimum absolute atomic E-state index is 0.250. The fourth-order valence-electron chi connectivity index (χ4n) is 3.42. The number of halogens is 3. The van der Waals surface area contributed by atoms with Gasteiger partial charge < -0.3 is 19.7 Å². The van der Waals surface area contributed by atoms with Crippen LogP contribution in [0.4, 0.5) is 0 Å². The number of nitriles is 1. The highest BCUT2D eigenvalue weighted by atomic mass is 35.6. The molecule has 8 nitrogen and oxygen atoms in total. The summed E-state index contributed by atoms with van der Waals surface area (Å²) in [4.78, 5) is 39.3. The standard InChI is InChI=1S/C19H18Cl3N3O5S2/c1-18(9-31-10-23)14(17(28)30-8-19(20,21)22)25-15(27)13(16(25)32-18)24-12(26)7-29-11-5-3-2-4-6-11/h2-6,13-14,16H,7-9H2,1H3,(H,24,26)/t13?,14?,16-,18?/m1/s1. The van der Waals surface area contributed by atoms with Gasteiger partial charge in [-0.3, -0.25) is 9.59 Å². The summed E-state index contributed by atoms with van der Waals surface area (Å²) >= 11 is 19.3. The van der Waals surface area contributed by atoms with Crippen LogP contribution >= 0.6 is 58.3 Å². The molecule has 3 unspecified atom stereocenters. The van der Waals surface area contributed by atoms with Gasteiger partial charge in [-0.25, -0.2) is 4.79 Å². The summed E-state index contributed by atoms with van der Waals surface area (Å²) < 4.78 is 7.89. The van der Waals surface area contributed by atoms with E-state index in [1.807, 2.05) is 11.5 Å². The van der Waals surface area contributed by atoms with E-state index in [0.717, 1.165) is 11.8 Å². The third kappa shape index (κ3) is 5.69. The Bertz CT molecular complexity index is 927. The van der Waals surface area contributed by atoms with Crippen LogP contribution in [-0.2, 0) is 19.1 Å². The van der Waals surface area contributed by atoms with Crippen molar-refractivity contribution in [2.24, 2.45) is 0 Å². The molecule has 4 atom stereocenters. The molecule has 0 radical (unpaired) electrons. The third-order valence-corrected chi connectivity index (χ3v) is 7.81. The van der Waals surface area contributed by atoms with E-state index in [1.165, 1.54) is 16.7 Å². The number of rotatable bonds is 8. The number of benzene rings is 1. The van der Waals surface area contributed by atoms with E-state index >= 15 is 0 Å². The van der Waals surface area contributed by atoms with Crippen LogP contribution in [0.15, 0.2) is 30.3 Å². The number of nitrogens with zero attached hydrogens (tertiary/aromatic N) is 2. The molecule has 172 valence electrons. The number of amides is 2. The van der Waals surface area contributed by atoms with E-state index in [2.05, 4.69) is 5.32 Å². The maximum Gasteiger partial charge on any atom is 0.330 e. The average molecular weight is 539 g/mol. The van der Waals surface area contributed by atoms with Crippen LogP contribution in [0.25, 0.3) is 0 Å². The van der Waals surface area contributed by atoms with Crippen LogP contribution in [-0.4, -0.2) is 67.6 Å². The number of fused-ring (bicyclic) bond motifs is 1. The quantitative estimate of drug-likeness (QED) is 0.233. The van der Waals surface area contributed by atoms with Gasteiger partial charge in [0.25, 0.3) is 5.91 Å². The molecule has 0 aromatic heterocycles. The lowest BCUT2D eigenvalue weighted by Crippen LogP contribution is -2.71. The van der Waals surface area contributed by atoms with Crippen molar-refractivity contribution in [3.05, 3.63) is 30.3 Å². The molecular weight excluding hydrogens is 521 g/mol. The minimum Gasteiger partial charge on any atom is -0.484 e. The zero-order chi connectivity index (χ0) is 23.5. The Morgan fingerprint density at radius 3 is 2.66 bits per heavy atom. The summed E-state index contributed by atoms with van der Waals surface area (Å²) in [5.41, 5.74) is 0. The van der Waals surface area contributed by atoms with Crippen LogP contribution in [0.3, 0.4) is 0 Å². The summed E-state index contributed by atoms with van der Waals surface area (Å²) in [7, 11) is 0. The predicted molar refractivity (Wildman–Crippen MR) is 124 cm³/mol. The number of carbonyl (C=O) groups excluding carboxylic acids is 3. The van der Waals surface area contributed by atoms with Gasteiger partial charge in [-0.1, -0.05) is 53.0 Å². The lowest BCUT2D eigenvalue weighted by Gasteiger charge is -2.44. The predicted octanol–water partition coefficient (Wildman–Crippen LogP) is 2.72.